The van der Waals surface area contributed by atoms with Crippen molar-refractivity contribution in [2.24, 2.45) is 5.73 Å². The van der Waals surface area contributed by atoms with E-state index in [-0.39, 0.29) is 24.1 Å². The molecule has 1 fully saturated rings. The lowest BCUT2D eigenvalue weighted by Crippen LogP contribution is -2.28. The van der Waals surface area contributed by atoms with Gasteiger partial charge >= 0.3 is 5.97 Å². The number of amidine groups is 1. The van der Waals surface area contributed by atoms with Crippen molar-refractivity contribution in [3.05, 3.63) is 70.8 Å². The second kappa shape index (κ2) is 12.0. The zero-order valence-corrected chi connectivity index (χ0v) is 20.0. The van der Waals surface area contributed by atoms with Crippen molar-refractivity contribution in [3.8, 4) is 0 Å². The maximum absolute atomic E-state index is 12.7. The quantitative estimate of drug-likeness (QED) is 0.316. The van der Waals surface area contributed by atoms with Crippen LogP contribution in [0.4, 0.5) is 5.69 Å². The highest BCUT2D eigenvalue weighted by Crippen LogP contribution is 2.19. The molecule has 0 radical (unpaired) electrons. The predicted octanol–water partition coefficient (Wildman–Crippen LogP) is 3.99. The highest BCUT2D eigenvalue weighted by Gasteiger charge is 2.20. The lowest BCUT2D eigenvalue weighted by atomic mass is 10.0. The van der Waals surface area contributed by atoms with E-state index in [1.807, 2.05) is 60.4 Å². The number of ether oxygens (including phenoxy) is 1. The van der Waals surface area contributed by atoms with Crippen molar-refractivity contribution >= 4 is 29.5 Å². The third kappa shape index (κ3) is 6.70. The Morgan fingerprint density at radius 3 is 2.62 bits per heavy atom. The average molecular weight is 463 g/mol. The minimum Gasteiger partial charge on any atom is -0.466 e. The molecule has 1 saturated heterocycles. The van der Waals surface area contributed by atoms with Crippen LogP contribution in [0, 0.1) is 12.3 Å². The van der Waals surface area contributed by atoms with Gasteiger partial charge in [-0.05, 0) is 56.0 Å². The third-order valence-corrected chi connectivity index (χ3v) is 5.92. The van der Waals surface area contributed by atoms with E-state index in [9.17, 15) is 9.59 Å². The van der Waals surface area contributed by atoms with Gasteiger partial charge in [-0.3, -0.25) is 15.0 Å². The predicted molar refractivity (Wildman–Crippen MR) is 136 cm³/mol. The summed E-state index contributed by atoms with van der Waals surface area (Å²) in [6, 6.07) is 13.3. The molecule has 1 heterocycles. The van der Waals surface area contributed by atoms with E-state index in [0.717, 1.165) is 48.3 Å². The van der Waals surface area contributed by atoms with Crippen molar-refractivity contribution < 1.29 is 14.3 Å². The SMILES string of the molecule is CCOC(=O)CCN(CC=Cc1ccc(C(=O)N2CCCC2)c(C)c1)c1cccc(C(=N)N)c1. The van der Waals surface area contributed by atoms with Crippen LogP contribution < -0.4 is 10.6 Å². The van der Waals surface area contributed by atoms with E-state index in [1.54, 1.807) is 13.0 Å². The first kappa shape index (κ1) is 25.0. The van der Waals surface area contributed by atoms with Crippen LogP contribution in [0.1, 0.15) is 53.2 Å². The fourth-order valence-electron chi connectivity index (χ4n) is 4.09. The van der Waals surface area contributed by atoms with E-state index in [0.29, 0.717) is 25.3 Å². The molecule has 0 spiro atoms. The van der Waals surface area contributed by atoms with Crippen molar-refractivity contribution in [3.63, 3.8) is 0 Å². The van der Waals surface area contributed by atoms with Crippen molar-refractivity contribution in [2.45, 2.75) is 33.1 Å². The van der Waals surface area contributed by atoms with Gasteiger partial charge in [-0.15, -0.1) is 0 Å². The van der Waals surface area contributed by atoms with Crippen LogP contribution in [0.5, 0.6) is 0 Å². The second-order valence-electron chi connectivity index (χ2n) is 8.44. The highest BCUT2D eigenvalue weighted by molar-refractivity contribution is 5.96. The highest BCUT2D eigenvalue weighted by atomic mass is 16.5. The largest absolute Gasteiger partial charge is 0.466 e. The molecule has 0 atom stereocenters. The number of likely N-dealkylation sites (tertiary alicyclic amines) is 1. The van der Waals surface area contributed by atoms with Crippen molar-refractivity contribution in [2.75, 3.05) is 37.7 Å². The smallest absolute Gasteiger partial charge is 0.307 e. The van der Waals surface area contributed by atoms with Gasteiger partial charge in [0, 0.05) is 43.0 Å². The minimum absolute atomic E-state index is 0.00165. The molecule has 3 N–H and O–H groups in total. The number of esters is 1. The van der Waals surface area contributed by atoms with Crippen LogP contribution >= 0.6 is 0 Å². The van der Waals surface area contributed by atoms with Gasteiger partial charge < -0.3 is 20.3 Å². The molecule has 0 bridgehead atoms. The molecule has 0 unspecified atom stereocenters. The number of hydrogen-bond donors (Lipinski definition) is 2. The second-order valence-corrected chi connectivity index (χ2v) is 8.44. The summed E-state index contributed by atoms with van der Waals surface area (Å²) < 4.78 is 5.08. The van der Waals surface area contributed by atoms with E-state index >= 15 is 0 Å². The monoisotopic (exact) mass is 462 g/mol. The maximum Gasteiger partial charge on any atom is 0.307 e. The van der Waals surface area contributed by atoms with Gasteiger partial charge in [0.15, 0.2) is 0 Å². The normalized spacial score (nSPS) is 13.3. The number of hydrogen-bond acceptors (Lipinski definition) is 5. The van der Waals surface area contributed by atoms with Gasteiger partial charge in [0.2, 0.25) is 0 Å². The summed E-state index contributed by atoms with van der Waals surface area (Å²) in [5.41, 5.74) is 9.91. The molecule has 1 aliphatic heterocycles. The van der Waals surface area contributed by atoms with E-state index in [1.165, 1.54) is 0 Å². The maximum atomic E-state index is 12.7. The number of amides is 1. The Morgan fingerprint density at radius 1 is 1.18 bits per heavy atom. The Kier molecular flexibility index (Phi) is 8.85. The first-order valence-corrected chi connectivity index (χ1v) is 11.8. The van der Waals surface area contributed by atoms with Crippen molar-refractivity contribution in [1.82, 2.24) is 4.90 Å². The lowest BCUT2D eigenvalue weighted by Gasteiger charge is -2.23. The Bertz CT molecular complexity index is 1060. The van der Waals surface area contributed by atoms with Crippen LogP contribution in [0.15, 0.2) is 48.5 Å². The van der Waals surface area contributed by atoms with Gasteiger partial charge in [-0.2, -0.15) is 0 Å². The number of nitrogens with two attached hydrogens (primary N) is 1. The molecule has 7 nitrogen and oxygen atoms in total. The Labute approximate surface area is 201 Å². The molecule has 0 aromatic heterocycles. The van der Waals surface area contributed by atoms with Crippen LogP contribution in [-0.2, 0) is 9.53 Å². The molecular formula is C27H34N4O3. The van der Waals surface area contributed by atoms with Gasteiger partial charge in [0.25, 0.3) is 5.91 Å². The van der Waals surface area contributed by atoms with E-state index in [2.05, 4.69) is 4.90 Å². The molecule has 1 aliphatic rings. The summed E-state index contributed by atoms with van der Waals surface area (Å²) in [5, 5.41) is 7.71. The number of nitrogens with one attached hydrogen (secondary N) is 1. The van der Waals surface area contributed by atoms with Crippen LogP contribution in [0.25, 0.3) is 6.08 Å². The van der Waals surface area contributed by atoms with Gasteiger partial charge in [0.05, 0.1) is 13.0 Å². The molecule has 2 aromatic rings. The summed E-state index contributed by atoms with van der Waals surface area (Å²) in [4.78, 5) is 28.6. The molecular weight excluding hydrogens is 428 g/mol. The number of aryl methyl sites for hydroxylation is 1. The first-order chi connectivity index (χ1) is 16.4. The van der Waals surface area contributed by atoms with Crippen molar-refractivity contribution in [1.29, 1.82) is 5.41 Å². The number of anilines is 1. The molecule has 7 heteroatoms. The molecule has 0 aliphatic carbocycles. The number of carbonyl (C=O) groups is 2. The molecule has 0 saturated carbocycles. The topological polar surface area (TPSA) is 99.7 Å². The Hall–Kier alpha value is -3.61. The number of carbonyl (C=O) groups excluding carboxylic acids is 2. The standard InChI is InChI=1S/C27H34N4O3/c1-3-34-25(32)13-17-30(23-10-6-9-22(19-23)26(28)29)16-7-8-21-11-12-24(20(2)18-21)27(33)31-14-4-5-15-31/h6-12,18-19H,3-5,13-17H2,1-2H3,(H3,28,29). The Balaban J connectivity index is 1.72. The molecule has 2 aromatic carbocycles. The summed E-state index contributed by atoms with van der Waals surface area (Å²) in [6.45, 7) is 6.84. The third-order valence-electron chi connectivity index (χ3n) is 5.92. The van der Waals surface area contributed by atoms with Crippen LogP contribution in [0.2, 0.25) is 0 Å². The number of nitrogens with zero attached hydrogens (tertiary/aromatic N) is 2. The molecule has 180 valence electrons. The fourth-order valence-corrected chi connectivity index (χ4v) is 4.09. The average Bonchev–Trinajstić information content (AvgIpc) is 3.36. The van der Waals surface area contributed by atoms with Crippen LogP contribution in [0.3, 0.4) is 0 Å². The molecule has 34 heavy (non-hydrogen) atoms. The first-order valence-electron chi connectivity index (χ1n) is 11.8. The van der Waals surface area contributed by atoms with Gasteiger partial charge in [0.1, 0.15) is 5.84 Å². The van der Waals surface area contributed by atoms with Gasteiger partial charge in [-0.1, -0.05) is 36.4 Å². The molecule has 1 amide bonds. The van der Waals surface area contributed by atoms with E-state index in [4.69, 9.17) is 15.9 Å². The summed E-state index contributed by atoms with van der Waals surface area (Å²) >= 11 is 0. The van der Waals surface area contributed by atoms with E-state index < -0.39 is 0 Å². The minimum atomic E-state index is -0.243. The number of benzene rings is 2. The Morgan fingerprint density at radius 2 is 1.94 bits per heavy atom. The lowest BCUT2D eigenvalue weighted by molar-refractivity contribution is -0.142. The fraction of sp³-hybridized carbons (Fsp3) is 0.370. The molecule has 3 rings (SSSR count). The number of nitrogen functional groups attached to an aromatic ring is 1. The number of rotatable bonds is 10. The zero-order valence-electron chi connectivity index (χ0n) is 20.0. The zero-order chi connectivity index (χ0) is 24.5. The van der Waals surface area contributed by atoms with Gasteiger partial charge in [-0.25, -0.2) is 0 Å². The summed E-state index contributed by atoms with van der Waals surface area (Å²) in [6.07, 6.45) is 6.46. The van der Waals surface area contributed by atoms with Crippen LogP contribution in [-0.4, -0.2) is 55.4 Å². The summed E-state index contributed by atoms with van der Waals surface area (Å²) in [7, 11) is 0. The summed E-state index contributed by atoms with van der Waals surface area (Å²) in [5.74, 6) is -0.129.